The number of rotatable bonds is 2. The first-order valence-corrected chi connectivity index (χ1v) is 6.40. The predicted octanol–water partition coefficient (Wildman–Crippen LogP) is 2.97. The Morgan fingerprint density at radius 3 is 2.94 bits per heavy atom. The van der Waals surface area contributed by atoms with Gasteiger partial charge in [-0.1, -0.05) is 0 Å². The van der Waals surface area contributed by atoms with Gasteiger partial charge in [-0.15, -0.1) is 22.7 Å². The Kier molecular flexibility index (Phi) is 2.30. The zero-order valence-corrected chi connectivity index (χ0v) is 10.1. The molecule has 3 heterocycles. The molecule has 0 aromatic carbocycles. The van der Waals surface area contributed by atoms with Crippen LogP contribution in [-0.4, -0.2) is 20.2 Å². The molecular weight excluding hydrogens is 240 g/mol. The van der Waals surface area contributed by atoms with Gasteiger partial charge in [-0.3, -0.25) is 5.10 Å². The number of hydrogen-bond acceptors (Lipinski definition) is 5. The molecule has 3 rings (SSSR count). The van der Waals surface area contributed by atoms with Gasteiger partial charge in [0.05, 0.1) is 10.6 Å². The molecule has 0 aliphatic heterocycles. The standard InChI is InChI=1S/C10H8N4S2/c1-6-2-3-8(16-6)7-4-15-10(13-7)9-11-5-12-14-9/h2-5H,1H3,(H,11,12,14). The molecule has 0 saturated carbocycles. The number of aryl methyl sites for hydroxylation is 1. The first-order chi connectivity index (χ1) is 7.83. The molecule has 3 aromatic heterocycles. The Labute approximate surface area is 100 Å². The quantitative estimate of drug-likeness (QED) is 0.758. The maximum atomic E-state index is 4.53. The number of aromatic nitrogens is 4. The summed E-state index contributed by atoms with van der Waals surface area (Å²) >= 11 is 3.32. The minimum Gasteiger partial charge on any atom is -0.257 e. The predicted molar refractivity (Wildman–Crippen MR) is 65.5 cm³/mol. The second-order valence-corrected chi connectivity index (χ2v) is 5.43. The average Bonchev–Trinajstić information content (AvgIpc) is 2.97. The van der Waals surface area contributed by atoms with Gasteiger partial charge in [-0.2, -0.15) is 5.10 Å². The lowest BCUT2D eigenvalue weighted by Crippen LogP contribution is -1.79. The van der Waals surface area contributed by atoms with Gasteiger partial charge in [0.2, 0.25) is 0 Å². The van der Waals surface area contributed by atoms with E-state index in [9.17, 15) is 0 Å². The van der Waals surface area contributed by atoms with Crippen LogP contribution in [0.5, 0.6) is 0 Å². The monoisotopic (exact) mass is 248 g/mol. The lowest BCUT2D eigenvalue weighted by molar-refractivity contribution is 1.09. The summed E-state index contributed by atoms with van der Waals surface area (Å²) in [5, 5.41) is 9.55. The van der Waals surface area contributed by atoms with Crippen LogP contribution in [0.2, 0.25) is 0 Å². The van der Waals surface area contributed by atoms with Gasteiger partial charge >= 0.3 is 0 Å². The molecule has 0 aliphatic carbocycles. The summed E-state index contributed by atoms with van der Waals surface area (Å²) in [7, 11) is 0. The van der Waals surface area contributed by atoms with Crippen molar-refractivity contribution in [1.82, 2.24) is 20.2 Å². The molecular formula is C10H8N4S2. The van der Waals surface area contributed by atoms with Gasteiger partial charge in [-0.05, 0) is 19.1 Å². The van der Waals surface area contributed by atoms with E-state index < -0.39 is 0 Å². The first-order valence-electron chi connectivity index (χ1n) is 4.71. The van der Waals surface area contributed by atoms with Crippen LogP contribution in [-0.2, 0) is 0 Å². The highest BCUT2D eigenvalue weighted by Crippen LogP contribution is 2.31. The van der Waals surface area contributed by atoms with E-state index in [1.54, 1.807) is 22.7 Å². The average molecular weight is 248 g/mol. The molecule has 0 spiro atoms. The SMILES string of the molecule is Cc1ccc(-c2csc(-c3ncn[nH]3)n2)s1. The lowest BCUT2D eigenvalue weighted by Gasteiger charge is -1.88. The zero-order valence-electron chi connectivity index (χ0n) is 8.47. The van der Waals surface area contributed by atoms with E-state index >= 15 is 0 Å². The molecule has 0 amide bonds. The van der Waals surface area contributed by atoms with E-state index in [4.69, 9.17) is 0 Å². The molecule has 6 heteroatoms. The number of nitrogens with one attached hydrogen (secondary N) is 1. The van der Waals surface area contributed by atoms with Crippen molar-refractivity contribution in [2.24, 2.45) is 0 Å². The number of aromatic amines is 1. The van der Waals surface area contributed by atoms with E-state index in [0.29, 0.717) is 0 Å². The molecule has 1 N–H and O–H groups in total. The Bertz CT molecular complexity index is 594. The van der Waals surface area contributed by atoms with Crippen molar-refractivity contribution < 1.29 is 0 Å². The van der Waals surface area contributed by atoms with Gasteiger partial charge in [0, 0.05) is 10.3 Å². The van der Waals surface area contributed by atoms with Crippen LogP contribution in [0.1, 0.15) is 4.88 Å². The van der Waals surface area contributed by atoms with Crippen molar-refractivity contribution in [1.29, 1.82) is 0 Å². The maximum absolute atomic E-state index is 4.53. The van der Waals surface area contributed by atoms with Gasteiger partial charge in [0.15, 0.2) is 10.8 Å². The third-order valence-corrected chi connectivity index (χ3v) is 3.99. The Hall–Kier alpha value is -1.53. The van der Waals surface area contributed by atoms with Gasteiger partial charge in [-0.25, -0.2) is 9.97 Å². The summed E-state index contributed by atoms with van der Waals surface area (Å²) < 4.78 is 0. The highest BCUT2D eigenvalue weighted by atomic mass is 32.1. The molecule has 16 heavy (non-hydrogen) atoms. The molecule has 0 fully saturated rings. The van der Waals surface area contributed by atoms with Gasteiger partial charge < -0.3 is 0 Å². The summed E-state index contributed by atoms with van der Waals surface area (Å²) in [6.45, 7) is 2.10. The lowest BCUT2D eigenvalue weighted by atomic mass is 10.4. The summed E-state index contributed by atoms with van der Waals surface area (Å²) in [4.78, 5) is 11.1. The number of H-pyrrole nitrogens is 1. The molecule has 0 aliphatic rings. The van der Waals surface area contributed by atoms with E-state index in [2.05, 4.69) is 39.2 Å². The molecule has 3 aromatic rings. The van der Waals surface area contributed by atoms with E-state index in [-0.39, 0.29) is 0 Å². The normalized spacial score (nSPS) is 10.8. The fourth-order valence-electron chi connectivity index (χ4n) is 1.38. The van der Waals surface area contributed by atoms with Crippen LogP contribution in [0.4, 0.5) is 0 Å². The fourth-order valence-corrected chi connectivity index (χ4v) is 3.04. The third-order valence-electron chi connectivity index (χ3n) is 2.11. The summed E-state index contributed by atoms with van der Waals surface area (Å²) in [6.07, 6.45) is 1.49. The molecule has 0 bridgehead atoms. The topological polar surface area (TPSA) is 54.5 Å². The number of thiophene rings is 1. The molecule has 4 nitrogen and oxygen atoms in total. The van der Waals surface area contributed by atoms with E-state index in [1.165, 1.54) is 16.1 Å². The van der Waals surface area contributed by atoms with Crippen LogP contribution >= 0.6 is 22.7 Å². The third kappa shape index (κ3) is 1.66. The van der Waals surface area contributed by atoms with E-state index in [1.807, 2.05) is 5.38 Å². The van der Waals surface area contributed by atoms with Crippen LogP contribution in [0.15, 0.2) is 23.8 Å². The molecule has 80 valence electrons. The van der Waals surface area contributed by atoms with Crippen molar-refractivity contribution >= 4 is 22.7 Å². The zero-order chi connectivity index (χ0) is 11.0. The second-order valence-electron chi connectivity index (χ2n) is 3.28. The van der Waals surface area contributed by atoms with Crippen LogP contribution in [0, 0.1) is 6.92 Å². The first kappa shape index (κ1) is 9.68. The highest BCUT2D eigenvalue weighted by Gasteiger charge is 2.09. The van der Waals surface area contributed by atoms with Crippen molar-refractivity contribution in [2.75, 3.05) is 0 Å². The molecule has 0 unspecified atom stereocenters. The highest BCUT2D eigenvalue weighted by molar-refractivity contribution is 7.16. The second kappa shape index (κ2) is 3.80. The number of hydrogen-bond donors (Lipinski definition) is 1. The Balaban J connectivity index is 2.00. The molecule has 0 saturated heterocycles. The smallest absolute Gasteiger partial charge is 0.184 e. The van der Waals surface area contributed by atoms with Crippen molar-refractivity contribution in [3.8, 4) is 21.4 Å². The summed E-state index contributed by atoms with van der Waals surface area (Å²) in [6, 6.07) is 4.20. The van der Waals surface area contributed by atoms with Gasteiger partial charge in [0.25, 0.3) is 0 Å². The Morgan fingerprint density at radius 2 is 2.25 bits per heavy atom. The minimum absolute atomic E-state index is 0.726. The van der Waals surface area contributed by atoms with Gasteiger partial charge in [0.1, 0.15) is 6.33 Å². The van der Waals surface area contributed by atoms with E-state index in [0.717, 1.165) is 16.5 Å². The largest absolute Gasteiger partial charge is 0.257 e. The van der Waals surface area contributed by atoms with Crippen molar-refractivity contribution in [3.05, 3.63) is 28.7 Å². The molecule has 0 atom stereocenters. The summed E-state index contributed by atoms with van der Waals surface area (Å²) in [5.41, 5.74) is 1.01. The number of thiazole rings is 1. The summed E-state index contributed by atoms with van der Waals surface area (Å²) in [5.74, 6) is 0.726. The van der Waals surface area contributed by atoms with Crippen molar-refractivity contribution in [2.45, 2.75) is 6.92 Å². The Morgan fingerprint density at radius 1 is 1.31 bits per heavy atom. The number of nitrogens with zero attached hydrogens (tertiary/aromatic N) is 3. The fraction of sp³-hybridized carbons (Fsp3) is 0.100. The van der Waals surface area contributed by atoms with Crippen LogP contribution in [0.3, 0.4) is 0 Å². The van der Waals surface area contributed by atoms with Crippen LogP contribution < -0.4 is 0 Å². The maximum Gasteiger partial charge on any atom is 0.184 e. The van der Waals surface area contributed by atoms with Crippen molar-refractivity contribution in [3.63, 3.8) is 0 Å². The van der Waals surface area contributed by atoms with Crippen LogP contribution in [0.25, 0.3) is 21.4 Å². The molecule has 0 radical (unpaired) electrons. The minimum atomic E-state index is 0.726.